The Morgan fingerprint density at radius 2 is 2.27 bits per heavy atom. The lowest BCUT2D eigenvalue weighted by Gasteiger charge is -1.93. The third-order valence-electron chi connectivity index (χ3n) is 2.15. The van der Waals surface area contributed by atoms with Crippen LogP contribution in [0.5, 0.6) is 0 Å². The van der Waals surface area contributed by atoms with E-state index in [0.717, 1.165) is 30.1 Å². The molecule has 3 heteroatoms. The average Bonchev–Trinajstić information content (AvgIpc) is 2.76. The Hall–Kier alpha value is -1.64. The zero-order valence-electron chi connectivity index (χ0n) is 8.77. The number of nitrogens with zero attached hydrogens (tertiary/aromatic N) is 2. The van der Waals surface area contributed by atoms with Gasteiger partial charge < -0.3 is 4.98 Å². The van der Waals surface area contributed by atoms with Crippen molar-refractivity contribution in [1.29, 1.82) is 0 Å². The minimum Gasteiger partial charge on any atom is -0.348 e. The number of imidazole rings is 1. The van der Waals surface area contributed by atoms with E-state index in [1.807, 2.05) is 24.4 Å². The van der Waals surface area contributed by atoms with E-state index in [-0.39, 0.29) is 0 Å². The average molecular weight is 200 g/mol. The molecule has 0 aromatic carbocycles. The summed E-state index contributed by atoms with van der Waals surface area (Å²) in [6.07, 6.45) is 7.96. The van der Waals surface area contributed by atoms with Crippen molar-refractivity contribution in [1.82, 2.24) is 15.0 Å². The molecular weight excluding hydrogens is 186 g/mol. The van der Waals surface area contributed by atoms with Crippen molar-refractivity contribution in [3.8, 4) is 11.4 Å². The Kier molecular flexibility index (Phi) is 3.12. The first-order valence-corrected chi connectivity index (χ1v) is 5.20. The second kappa shape index (κ2) is 4.73. The fraction of sp³-hybridized carbons (Fsp3) is 0.250. The Bertz CT molecular complexity index is 406. The third kappa shape index (κ3) is 2.43. The van der Waals surface area contributed by atoms with Crippen LogP contribution < -0.4 is 0 Å². The summed E-state index contributed by atoms with van der Waals surface area (Å²) >= 11 is 0. The number of pyridine rings is 1. The van der Waals surface area contributed by atoms with E-state index in [0.29, 0.717) is 0 Å². The van der Waals surface area contributed by atoms with Gasteiger partial charge in [0.1, 0.15) is 11.5 Å². The zero-order valence-corrected chi connectivity index (χ0v) is 8.77. The van der Waals surface area contributed by atoms with Gasteiger partial charge in [0.2, 0.25) is 0 Å². The van der Waals surface area contributed by atoms with Gasteiger partial charge in [-0.25, -0.2) is 4.98 Å². The number of unbranched alkanes of at least 4 members (excludes halogenated alkanes) is 1. The van der Waals surface area contributed by atoms with Crippen molar-refractivity contribution in [2.24, 2.45) is 0 Å². The lowest BCUT2D eigenvalue weighted by Crippen LogP contribution is -1.85. The summed E-state index contributed by atoms with van der Waals surface area (Å²) < 4.78 is 0. The first kappa shape index (κ1) is 9.90. The summed E-state index contributed by atoms with van der Waals surface area (Å²) in [6, 6.07) is 5.83. The minimum atomic E-state index is 0.901. The minimum absolute atomic E-state index is 0.901. The quantitative estimate of drug-likeness (QED) is 0.824. The maximum Gasteiger partial charge on any atom is 0.110 e. The molecule has 2 rings (SSSR count). The van der Waals surface area contributed by atoms with Crippen molar-refractivity contribution >= 4 is 0 Å². The number of aromatic nitrogens is 3. The third-order valence-corrected chi connectivity index (χ3v) is 2.15. The highest BCUT2D eigenvalue weighted by Gasteiger charge is 2.03. The summed E-state index contributed by atoms with van der Waals surface area (Å²) in [6.45, 7) is 2.15. The highest BCUT2D eigenvalue weighted by molar-refractivity contribution is 5.52. The standard InChI is InChI=1S/C12H14N3/c1-2-3-7-12-14-9-11(15-12)10-6-4-5-8-13-10/h4-9H,2-3H2,1H3,(H,14,15). The number of H-pyrrole nitrogens is 1. The lowest BCUT2D eigenvalue weighted by atomic mass is 10.2. The largest absolute Gasteiger partial charge is 0.348 e. The van der Waals surface area contributed by atoms with Gasteiger partial charge in [-0.15, -0.1) is 0 Å². The molecule has 1 N–H and O–H groups in total. The second-order valence-corrected chi connectivity index (χ2v) is 3.38. The van der Waals surface area contributed by atoms with E-state index < -0.39 is 0 Å². The molecule has 0 saturated heterocycles. The lowest BCUT2D eigenvalue weighted by molar-refractivity contribution is 0.891. The van der Waals surface area contributed by atoms with Gasteiger partial charge in [0, 0.05) is 18.8 Å². The highest BCUT2D eigenvalue weighted by Crippen LogP contribution is 2.14. The van der Waals surface area contributed by atoms with Crippen LogP contribution in [0.4, 0.5) is 0 Å². The van der Waals surface area contributed by atoms with Gasteiger partial charge in [-0.3, -0.25) is 4.98 Å². The van der Waals surface area contributed by atoms with Crippen LogP contribution in [0.25, 0.3) is 11.4 Å². The molecule has 15 heavy (non-hydrogen) atoms. The first-order chi connectivity index (χ1) is 7.40. The van der Waals surface area contributed by atoms with Crippen molar-refractivity contribution < 1.29 is 0 Å². The molecular formula is C12H14N3. The smallest absolute Gasteiger partial charge is 0.110 e. The zero-order chi connectivity index (χ0) is 10.5. The van der Waals surface area contributed by atoms with Gasteiger partial charge in [0.25, 0.3) is 0 Å². The van der Waals surface area contributed by atoms with Gasteiger partial charge in [0.15, 0.2) is 0 Å². The Balaban J connectivity index is 2.14. The molecule has 0 spiro atoms. The van der Waals surface area contributed by atoms with Crippen LogP contribution in [0.2, 0.25) is 0 Å². The van der Waals surface area contributed by atoms with Crippen LogP contribution >= 0.6 is 0 Å². The maximum absolute atomic E-state index is 4.44. The predicted molar refractivity (Wildman–Crippen MR) is 60.1 cm³/mol. The fourth-order valence-corrected chi connectivity index (χ4v) is 1.37. The molecule has 3 nitrogen and oxygen atoms in total. The molecule has 1 radical (unpaired) electrons. The molecule has 0 aliphatic carbocycles. The molecule has 2 aromatic heterocycles. The van der Waals surface area contributed by atoms with Gasteiger partial charge in [-0.05, 0) is 18.6 Å². The summed E-state index contributed by atoms with van der Waals surface area (Å²) in [7, 11) is 0. The van der Waals surface area contributed by atoms with Crippen LogP contribution in [0.3, 0.4) is 0 Å². The second-order valence-electron chi connectivity index (χ2n) is 3.38. The van der Waals surface area contributed by atoms with E-state index in [1.165, 1.54) is 0 Å². The molecule has 0 fully saturated rings. The number of hydrogen-bond acceptors (Lipinski definition) is 2. The molecule has 2 heterocycles. The SMILES string of the molecule is CCC[CH]c1nc(-c2ccccn2)c[nH]1. The Labute approximate surface area is 89.6 Å². The molecule has 77 valence electrons. The van der Waals surface area contributed by atoms with Crippen LogP contribution in [-0.2, 0) is 0 Å². The number of nitrogens with one attached hydrogen (secondary N) is 1. The number of hydrogen-bond donors (Lipinski definition) is 1. The van der Waals surface area contributed by atoms with Crippen molar-refractivity contribution in [2.45, 2.75) is 19.8 Å². The molecule has 0 unspecified atom stereocenters. The van der Waals surface area contributed by atoms with E-state index in [1.54, 1.807) is 6.20 Å². The number of aromatic amines is 1. The Morgan fingerprint density at radius 1 is 1.33 bits per heavy atom. The monoisotopic (exact) mass is 200 g/mol. The summed E-state index contributed by atoms with van der Waals surface area (Å²) in [4.78, 5) is 11.8. The van der Waals surface area contributed by atoms with Crippen molar-refractivity contribution in [2.75, 3.05) is 0 Å². The normalized spacial score (nSPS) is 10.5. The molecule has 0 bridgehead atoms. The summed E-state index contributed by atoms with van der Waals surface area (Å²) in [5, 5.41) is 0. The van der Waals surface area contributed by atoms with E-state index in [9.17, 15) is 0 Å². The Morgan fingerprint density at radius 3 is 3.00 bits per heavy atom. The van der Waals surface area contributed by atoms with E-state index in [4.69, 9.17) is 0 Å². The first-order valence-electron chi connectivity index (χ1n) is 5.20. The highest BCUT2D eigenvalue weighted by atomic mass is 14.9. The molecule has 0 amide bonds. The fourth-order valence-electron chi connectivity index (χ4n) is 1.37. The van der Waals surface area contributed by atoms with Gasteiger partial charge in [-0.1, -0.05) is 19.4 Å². The summed E-state index contributed by atoms with van der Waals surface area (Å²) in [5.74, 6) is 0.928. The molecule has 0 aliphatic heterocycles. The van der Waals surface area contributed by atoms with Crippen molar-refractivity contribution in [3.63, 3.8) is 0 Å². The van der Waals surface area contributed by atoms with Gasteiger partial charge >= 0.3 is 0 Å². The van der Waals surface area contributed by atoms with Crippen LogP contribution in [-0.4, -0.2) is 15.0 Å². The van der Waals surface area contributed by atoms with Crippen molar-refractivity contribution in [3.05, 3.63) is 42.8 Å². The summed E-state index contributed by atoms with van der Waals surface area (Å²) in [5.41, 5.74) is 1.81. The maximum atomic E-state index is 4.44. The number of rotatable bonds is 4. The van der Waals surface area contributed by atoms with E-state index >= 15 is 0 Å². The van der Waals surface area contributed by atoms with Gasteiger partial charge in [-0.2, -0.15) is 0 Å². The molecule has 2 aromatic rings. The van der Waals surface area contributed by atoms with Gasteiger partial charge in [0.05, 0.1) is 5.69 Å². The van der Waals surface area contributed by atoms with Crippen LogP contribution in [0.15, 0.2) is 30.6 Å². The van der Waals surface area contributed by atoms with Crippen LogP contribution in [0.1, 0.15) is 25.6 Å². The predicted octanol–water partition coefficient (Wildman–Crippen LogP) is 2.82. The van der Waals surface area contributed by atoms with E-state index in [2.05, 4.69) is 28.3 Å². The topological polar surface area (TPSA) is 41.6 Å². The van der Waals surface area contributed by atoms with Crippen LogP contribution in [0, 0.1) is 6.42 Å². The molecule has 0 saturated carbocycles. The molecule has 0 aliphatic rings. The molecule has 0 atom stereocenters.